The molecule has 140 valence electrons. The lowest BCUT2D eigenvalue weighted by Gasteiger charge is -2.43. The number of aryl methyl sites for hydroxylation is 2. The van der Waals surface area contributed by atoms with Crippen molar-refractivity contribution in [3.8, 4) is 0 Å². The summed E-state index contributed by atoms with van der Waals surface area (Å²) in [6.07, 6.45) is 0. The largest absolute Gasteiger partial charge is 0.350 e. The molecule has 2 aromatic heterocycles. The van der Waals surface area contributed by atoms with Crippen molar-refractivity contribution >= 4 is 38.3 Å². The Morgan fingerprint density at radius 3 is 2.58 bits per heavy atom. The summed E-state index contributed by atoms with van der Waals surface area (Å²) < 4.78 is 27.7. The number of halogens is 1. The Bertz CT molecular complexity index is 1100. The molecule has 2 atom stereocenters. The van der Waals surface area contributed by atoms with Crippen molar-refractivity contribution in [3.63, 3.8) is 0 Å². The van der Waals surface area contributed by atoms with Gasteiger partial charge < -0.3 is 4.90 Å². The number of anilines is 1. The van der Waals surface area contributed by atoms with Gasteiger partial charge in [-0.3, -0.25) is 9.47 Å². The quantitative estimate of drug-likeness (QED) is 0.642. The van der Waals surface area contributed by atoms with Gasteiger partial charge in [0.15, 0.2) is 9.84 Å². The normalized spacial score (nSPS) is 25.2. The Kier molecular flexibility index (Phi) is 3.84. The SMILES string of the molecule is Cc1nc2c3c(nc(=O)n2C)N2CC(C)N(C)CC2CS(=O)(=O)c3c1Cl. The number of likely N-dealkylation sites (N-methyl/N-ethyl adjacent to an activating group) is 1. The van der Waals surface area contributed by atoms with Crippen molar-refractivity contribution in [2.75, 3.05) is 30.8 Å². The lowest BCUT2D eigenvalue weighted by Crippen LogP contribution is -2.58. The van der Waals surface area contributed by atoms with Gasteiger partial charge in [-0.1, -0.05) is 11.6 Å². The summed E-state index contributed by atoms with van der Waals surface area (Å²) in [6, 6.07) is -0.0990. The highest BCUT2D eigenvalue weighted by Crippen LogP contribution is 2.40. The molecule has 8 nitrogen and oxygen atoms in total. The third-order valence-corrected chi connectivity index (χ3v) is 7.85. The monoisotopic (exact) mass is 397 g/mol. The molecule has 0 aromatic carbocycles. The molecule has 0 radical (unpaired) electrons. The molecule has 2 aliphatic rings. The molecule has 1 saturated heterocycles. The van der Waals surface area contributed by atoms with Crippen molar-refractivity contribution in [3.05, 3.63) is 21.2 Å². The van der Waals surface area contributed by atoms with Gasteiger partial charge in [0.25, 0.3) is 0 Å². The van der Waals surface area contributed by atoms with Crippen LogP contribution < -0.4 is 10.6 Å². The summed E-state index contributed by atoms with van der Waals surface area (Å²) in [6.45, 7) is 4.86. The van der Waals surface area contributed by atoms with E-state index in [-0.39, 0.29) is 27.8 Å². The Labute approximate surface area is 156 Å². The molecule has 0 spiro atoms. The average molecular weight is 398 g/mol. The molecule has 2 unspecified atom stereocenters. The standard InChI is InChI=1S/C16H20ClN5O3S/c1-8-5-22-10(6-20(8)3)7-26(24,25)13-11-14(18-9(2)12(13)17)21(4)16(23)19-15(11)22/h8,10H,5-7H2,1-4H3. The van der Waals surface area contributed by atoms with E-state index >= 15 is 0 Å². The van der Waals surface area contributed by atoms with Gasteiger partial charge >= 0.3 is 5.69 Å². The summed E-state index contributed by atoms with van der Waals surface area (Å²) in [5.74, 6) is 0.301. The van der Waals surface area contributed by atoms with Crippen LogP contribution in [0.2, 0.25) is 5.02 Å². The highest BCUT2D eigenvalue weighted by Gasteiger charge is 2.41. The van der Waals surface area contributed by atoms with Crippen molar-refractivity contribution in [1.29, 1.82) is 0 Å². The van der Waals surface area contributed by atoms with Gasteiger partial charge in [-0.05, 0) is 20.9 Å². The number of piperazine rings is 1. The molecule has 0 bridgehead atoms. The van der Waals surface area contributed by atoms with E-state index in [0.717, 1.165) is 0 Å². The third-order valence-electron chi connectivity index (χ3n) is 5.42. The summed E-state index contributed by atoms with van der Waals surface area (Å²) in [4.78, 5) is 25.2. The second-order valence-electron chi connectivity index (χ2n) is 7.19. The molecule has 0 N–H and O–H groups in total. The first-order valence-electron chi connectivity index (χ1n) is 8.38. The van der Waals surface area contributed by atoms with E-state index in [1.165, 1.54) is 4.57 Å². The molecular formula is C16H20ClN5O3S. The van der Waals surface area contributed by atoms with Gasteiger partial charge in [0.2, 0.25) is 0 Å². The number of nitrogens with zero attached hydrogens (tertiary/aromatic N) is 5. The van der Waals surface area contributed by atoms with E-state index in [1.54, 1.807) is 14.0 Å². The molecule has 4 rings (SSSR count). The van der Waals surface area contributed by atoms with Crippen molar-refractivity contribution in [2.24, 2.45) is 7.05 Å². The van der Waals surface area contributed by atoms with Crippen LogP contribution in [0, 0.1) is 6.92 Å². The second kappa shape index (κ2) is 5.64. The van der Waals surface area contributed by atoms with Gasteiger partial charge in [0, 0.05) is 26.2 Å². The van der Waals surface area contributed by atoms with Crippen molar-refractivity contribution < 1.29 is 8.42 Å². The number of fused-ring (bicyclic) bond motifs is 2. The number of hydrogen-bond acceptors (Lipinski definition) is 7. The van der Waals surface area contributed by atoms with Crippen LogP contribution in [0.4, 0.5) is 5.82 Å². The number of aromatic nitrogens is 3. The predicted octanol–water partition coefficient (Wildman–Crippen LogP) is 0.587. The summed E-state index contributed by atoms with van der Waals surface area (Å²) in [5, 5.41) is 0.461. The van der Waals surface area contributed by atoms with Crippen LogP contribution >= 0.6 is 11.6 Å². The summed E-state index contributed by atoms with van der Waals surface area (Å²) in [7, 11) is -0.162. The molecular weight excluding hydrogens is 378 g/mol. The second-order valence-corrected chi connectivity index (χ2v) is 9.54. The Morgan fingerprint density at radius 1 is 1.19 bits per heavy atom. The van der Waals surface area contributed by atoms with E-state index < -0.39 is 15.5 Å². The Morgan fingerprint density at radius 2 is 1.88 bits per heavy atom. The maximum atomic E-state index is 13.2. The van der Waals surface area contributed by atoms with Crippen molar-refractivity contribution in [2.45, 2.75) is 30.8 Å². The minimum atomic E-state index is -3.67. The zero-order valence-corrected chi connectivity index (χ0v) is 16.6. The van der Waals surface area contributed by atoms with Crippen LogP contribution in [0.5, 0.6) is 0 Å². The topological polar surface area (TPSA) is 88.4 Å². The van der Waals surface area contributed by atoms with Gasteiger partial charge in [-0.15, -0.1) is 0 Å². The number of rotatable bonds is 0. The molecule has 10 heteroatoms. The van der Waals surface area contributed by atoms with Crippen LogP contribution in [0.1, 0.15) is 12.6 Å². The zero-order chi connectivity index (χ0) is 19.0. The minimum absolute atomic E-state index is 0.0458. The lowest BCUT2D eigenvalue weighted by molar-refractivity contribution is 0.206. The maximum absolute atomic E-state index is 13.2. The lowest BCUT2D eigenvalue weighted by atomic mass is 10.1. The van der Waals surface area contributed by atoms with Crippen LogP contribution in [-0.4, -0.2) is 65.8 Å². The van der Waals surface area contributed by atoms with Crippen LogP contribution in [-0.2, 0) is 16.9 Å². The van der Waals surface area contributed by atoms with Gasteiger partial charge in [0.05, 0.1) is 27.9 Å². The average Bonchev–Trinajstić information content (AvgIpc) is 2.63. The van der Waals surface area contributed by atoms with Crippen molar-refractivity contribution in [1.82, 2.24) is 19.4 Å². The Balaban J connectivity index is 2.17. The molecule has 4 heterocycles. The third kappa shape index (κ3) is 2.37. The first kappa shape index (κ1) is 17.7. The van der Waals surface area contributed by atoms with Crippen LogP contribution in [0.15, 0.2) is 9.69 Å². The van der Waals surface area contributed by atoms with E-state index in [1.807, 2.05) is 11.9 Å². The molecule has 0 amide bonds. The number of hydrogen-bond donors (Lipinski definition) is 0. The summed E-state index contributed by atoms with van der Waals surface area (Å²) >= 11 is 6.40. The summed E-state index contributed by atoms with van der Waals surface area (Å²) in [5.41, 5.74) is 0.222. The van der Waals surface area contributed by atoms with E-state index in [4.69, 9.17) is 11.6 Å². The molecule has 0 aliphatic carbocycles. The highest BCUT2D eigenvalue weighted by atomic mass is 35.5. The number of sulfone groups is 1. The van der Waals surface area contributed by atoms with E-state index in [0.29, 0.717) is 35.6 Å². The minimum Gasteiger partial charge on any atom is -0.349 e. The van der Waals surface area contributed by atoms with Crippen LogP contribution in [0.25, 0.3) is 11.0 Å². The van der Waals surface area contributed by atoms with Gasteiger partial charge in [-0.2, -0.15) is 4.98 Å². The fourth-order valence-electron chi connectivity index (χ4n) is 3.82. The molecule has 2 aliphatic heterocycles. The first-order valence-corrected chi connectivity index (χ1v) is 10.4. The molecule has 1 fully saturated rings. The zero-order valence-electron chi connectivity index (χ0n) is 15.0. The Hall–Kier alpha value is -1.71. The maximum Gasteiger partial charge on any atom is 0.350 e. The predicted molar refractivity (Wildman–Crippen MR) is 99.8 cm³/mol. The highest BCUT2D eigenvalue weighted by molar-refractivity contribution is 7.91. The van der Waals surface area contributed by atoms with Crippen LogP contribution in [0.3, 0.4) is 0 Å². The van der Waals surface area contributed by atoms with E-state index in [9.17, 15) is 13.2 Å². The number of pyridine rings is 1. The molecule has 2 aromatic rings. The molecule has 0 saturated carbocycles. The van der Waals surface area contributed by atoms with E-state index in [2.05, 4.69) is 21.8 Å². The molecule has 26 heavy (non-hydrogen) atoms. The fraction of sp³-hybridized carbons (Fsp3) is 0.562. The van der Waals surface area contributed by atoms with Gasteiger partial charge in [0.1, 0.15) is 16.4 Å². The smallest absolute Gasteiger partial charge is 0.349 e. The first-order chi connectivity index (χ1) is 12.1. The van der Waals surface area contributed by atoms with Gasteiger partial charge in [-0.25, -0.2) is 18.2 Å². The fourth-order valence-corrected chi connectivity index (χ4v) is 6.18.